The number of rotatable bonds is 3. The fraction of sp³-hybridized carbons (Fsp3) is 0.667. The number of aliphatic hydroxyl groups is 1. The van der Waals surface area contributed by atoms with Crippen LogP contribution < -0.4 is 10.6 Å². The maximum absolute atomic E-state index is 11.5. The average molecular weight is 256 g/mol. The molecule has 1 fully saturated rings. The van der Waals surface area contributed by atoms with Crippen LogP contribution in [0.2, 0.25) is 0 Å². The minimum absolute atomic E-state index is 0.153. The molecule has 0 aliphatic carbocycles. The molecule has 0 spiro atoms. The summed E-state index contributed by atoms with van der Waals surface area (Å²) in [7, 11) is 0. The normalized spacial score (nSPS) is 19.6. The molecule has 6 nitrogen and oxygen atoms in total. The van der Waals surface area contributed by atoms with Crippen molar-refractivity contribution in [3.8, 4) is 0 Å². The molecule has 0 saturated carbocycles. The summed E-state index contributed by atoms with van der Waals surface area (Å²) in [6.07, 6.45) is 1.55. The van der Waals surface area contributed by atoms with Crippen LogP contribution >= 0.6 is 0 Å². The van der Waals surface area contributed by atoms with Crippen molar-refractivity contribution in [2.24, 2.45) is 0 Å². The molecule has 1 rings (SSSR count). The molecule has 0 aromatic rings. The standard InChI is InChI=1S/C12H20N2O4/c1-12(2,3)18-11(17)14-9(7-15)6-8-4-5-13-10(8)16/h6,9,15H,4-5,7H2,1-3H3,(H,13,16)(H,14,17)/b8-6+/t9-/m0/s1. The third kappa shape index (κ3) is 4.75. The Bertz CT molecular complexity index is 358. The molecule has 2 amide bonds. The second-order valence-corrected chi connectivity index (χ2v) is 5.13. The van der Waals surface area contributed by atoms with E-state index in [9.17, 15) is 14.7 Å². The van der Waals surface area contributed by atoms with E-state index in [-0.39, 0.29) is 12.5 Å². The van der Waals surface area contributed by atoms with E-state index < -0.39 is 17.7 Å². The van der Waals surface area contributed by atoms with Crippen molar-refractivity contribution in [1.82, 2.24) is 10.6 Å². The summed E-state index contributed by atoms with van der Waals surface area (Å²) in [6.45, 7) is 5.57. The van der Waals surface area contributed by atoms with Crippen LogP contribution in [0.4, 0.5) is 4.79 Å². The number of hydrogen-bond acceptors (Lipinski definition) is 4. The zero-order valence-corrected chi connectivity index (χ0v) is 10.9. The Kier molecular flexibility index (Phi) is 4.72. The van der Waals surface area contributed by atoms with Crippen molar-refractivity contribution < 1.29 is 19.4 Å². The quantitative estimate of drug-likeness (QED) is 0.634. The second-order valence-electron chi connectivity index (χ2n) is 5.13. The van der Waals surface area contributed by atoms with E-state index >= 15 is 0 Å². The first-order valence-corrected chi connectivity index (χ1v) is 5.91. The van der Waals surface area contributed by atoms with E-state index in [2.05, 4.69) is 10.6 Å². The van der Waals surface area contributed by atoms with Gasteiger partial charge in [0.05, 0.1) is 12.6 Å². The van der Waals surface area contributed by atoms with Gasteiger partial charge in [0.1, 0.15) is 5.60 Å². The summed E-state index contributed by atoms with van der Waals surface area (Å²) in [6, 6.07) is -0.612. The number of nitrogens with one attached hydrogen (secondary N) is 2. The number of ether oxygens (including phenoxy) is 1. The van der Waals surface area contributed by atoms with Crippen molar-refractivity contribution in [3.05, 3.63) is 11.6 Å². The minimum Gasteiger partial charge on any atom is -0.444 e. The highest BCUT2D eigenvalue weighted by Crippen LogP contribution is 2.10. The highest BCUT2D eigenvalue weighted by molar-refractivity contribution is 5.95. The lowest BCUT2D eigenvalue weighted by Crippen LogP contribution is -2.40. The van der Waals surface area contributed by atoms with Crippen LogP contribution in [0.3, 0.4) is 0 Å². The molecule has 0 radical (unpaired) electrons. The van der Waals surface area contributed by atoms with Gasteiger partial charge in [0, 0.05) is 12.1 Å². The molecule has 1 atom stereocenters. The van der Waals surface area contributed by atoms with Crippen LogP contribution in [0.5, 0.6) is 0 Å². The zero-order valence-electron chi connectivity index (χ0n) is 10.9. The number of carbonyl (C=O) groups excluding carboxylic acids is 2. The molecule has 1 saturated heterocycles. The molecular weight excluding hydrogens is 236 g/mol. The SMILES string of the molecule is CC(C)(C)OC(=O)N[C@@H](/C=C1\CCNC1=O)CO. The summed E-state index contributed by atoms with van der Waals surface area (Å²) in [4.78, 5) is 22.8. The first-order chi connectivity index (χ1) is 8.31. The third-order valence-electron chi connectivity index (χ3n) is 2.27. The first-order valence-electron chi connectivity index (χ1n) is 5.91. The van der Waals surface area contributed by atoms with Gasteiger partial charge in [-0.3, -0.25) is 4.79 Å². The molecule has 1 heterocycles. The summed E-state index contributed by atoms with van der Waals surface area (Å²) in [5.74, 6) is -0.153. The van der Waals surface area contributed by atoms with E-state index in [0.717, 1.165) is 0 Å². The topological polar surface area (TPSA) is 87.7 Å². The molecule has 0 unspecified atom stereocenters. The van der Waals surface area contributed by atoms with E-state index in [0.29, 0.717) is 18.5 Å². The lowest BCUT2D eigenvalue weighted by Gasteiger charge is -2.21. The molecule has 3 N–H and O–H groups in total. The molecule has 1 aliphatic heterocycles. The van der Waals surface area contributed by atoms with Crippen LogP contribution in [0, 0.1) is 0 Å². The Morgan fingerprint density at radius 1 is 1.61 bits per heavy atom. The van der Waals surface area contributed by atoms with Gasteiger partial charge in [-0.1, -0.05) is 6.08 Å². The highest BCUT2D eigenvalue weighted by Gasteiger charge is 2.21. The molecule has 18 heavy (non-hydrogen) atoms. The van der Waals surface area contributed by atoms with Gasteiger partial charge >= 0.3 is 6.09 Å². The van der Waals surface area contributed by atoms with Gasteiger partial charge in [-0.15, -0.1) is 0 Å². The Morgan fingerprint density at radius 3 is 2.72 bits per heavy atom. The van der Waals surface area contributed by atoms with Gasteiger partial charge in [-0.25, -0.2) is 4.79 Å². The smallest absolute Gasteiger partial charge is 0.408 e. The number of carbonyl (C=O) groups is 2. The predicted octanol–water partition coefficient (Wildman–Crippen LogP) is 0.318. The van der Waals surface area contributed by atoms with Crippen LogP contribution in [0.1, 0.15) is 27.2 Å². The third-order valence-corrected chi connectivity index (χ3v) is 2.27. The van der Waals surface area contributed by atoms with Crippen molar-refractivity contribution in [3.63, 3.8) is 0 Å². The molecular formula is C12H20N2O4. The summed E-state index contributed by atoms with van der Waals surface area (Å²) in [5.41, 5.74) is -0.0211. The van der Waals surface area contributed by atoms with Gasteiger partial charge in [0.25, 0.3) is 0 Å². The Morgan fingerprint density at radius 2 is 2.28 bits per heavy atom. The van der Waals surface area contributed by atoms with Crippen molar-refractivity contribution >= 4 is 12.0 Å². The Labute approximate surface area is 106 Å². The highest BCUT2D eigenvalue weighted by atomic mass is 16.6. The van der Waals surface area contributed by atoms with E-state index in [1.54, 1.807) is 26.8 Å². The summed E-state index contributed by atoms with van der Waals surface area (Å²) < 4.78 is 5.07. The lowest BCUT2D eigenvalue weighted by atomic mass is 10.1. The fourth-order valence-corrected chi connectivity index (χ4v) is 1.54. The number of hydrogen-bond donors (Lipinski definition) is 3. The first kappa shape index (κ1) is 14.5. The van der Waals surface area contributed by atoms with Crippen molar-refractivity contribution in [2.75, 3.05) is 13.2 Å². The van der Waals surface area contributed by atoms with Gasteiger partial charge in [0.2, 0.25) is 5.91 Å². The Hall–Kier alpha value is -1.56. The lowest BCUT2D eigenvalue weighted by molar-refractivity contribution is -0.116. The zero-order chi connectivity index (χ0) is 13.8. The van der Waals surface area contributed by atoms with E-state index in [1.165, 1.54) is 0 Å². The number of alkyl carbamates (subject to hydrolysis) is 1. The summed E-state index contributed by atoms with van der Waals surface area (Å²) >= 11 is 0. The van der Waals surface area contributed by atoms with Crippen LogP contribution in [-0.2, 0) is 9.53 Å². The number of aliphatic hydroxyl groups excluding tert-OH is 1. The molecule has 0 aromatic carbocycles. The Balaban J connectivity index is 2.57. The second kappa shape index (κ2) is 5.86. The van der Waals surface area contributed by atoms with Crippen molar-refractivity contribution in [2.45, 2.75) is 38.8 Å². The van der Waals surface area contributed by atoms with Gasteiger partial charge in [0.15, 0.2) is 0 Å². The van der Waals surface area contributed by atoms with E-state index in [1.807, 2.05) is 0 Å². The molecule has 0 bridgehead atoms. The van der Waals surface area contributed by atoms with Gasteiger partial charge in [-0.2, -0.15) is 0 Å². The monoisotopic (exact) mass is 256 g/mol. The van der Waals surface area contributed by atoms with E-state index in [4.69, 9.17) is 4.74 Å². The van der Waals surface area contributed by atoms with Crippen LogP contribution in [0.25, 0.3) is 0 Å². The maximum Gasteiger partial charge on any atom is 0.408 e. The molecule has 6 heteroatoms. The largest absolute Gasteiger partial charge is 0.444 e. The van der Waals surface area contributed by atoms with Crippen molar-refractivity contribution in [1.29, 1.82) is 0 Å². The van der Waals surface area contributed by atoms with Crippen LogP contribution in [0.15, 0.2) is 11.6 Å². The average Bonchev–Trinajstić information content (AvgIpc) is 2.60. The minimum atomic E-state index is -0.614. The molecule has 0 aromatic heterocycles. The predicted molar refractivity (Wildman–Crippen MR) is 66.0 cm³/mol. The summed E-state index contributed by atoms with van der Waals surface area (Å²) in [5, 5.41) is 14.3. The van der Waals surface area contributed by atoms with Gasteiger partial charge in [-0.05, 0) is 27.2 Å². The van der Waals surface area contributed by atoms with Gasteiger partial charge < -0.3 is 20.5 Å². The fourth-order valence-electron chi connectivity index (χ4n) is 1.54. The number of amides is 2. The van der Waals surface area contributed by atoms with Crippen LogP contribution in [-0.4, -0.2) is 41.9 Å². The maximum atomic E-state index is 11.5. The molecule has 1 aliphatic rings. The molecule has 102 valence electrons.